The van der Waals surface area contributed by atoms with E-state index >= 15 is 0 Å². The summed E-state index contributed by atoms with van der Waals surface area (Å²) < 4.78 is 4.99. The lowest BCUT2D eigenvalue weighted by atomic mass is 9.95. The van der Waals surface area contributed by atoms with Crippen molar-refractivity contribution >= 4 is 11.7 Å². The fraction of sp³-hybridized carbons (Fsp3) is 0.417. The summed E-state index contributed by atoms with van der Waals surface area (Å²) in [4.78, 5) is 11.6. The number of carbonyl (C=O) groups is 1. The zero-order valence-corrected chi connectivity index (χ0v) is 9.32. The Morgan fingerprint density at radius 3 is 3.12 bits per heavy atom. The van der Waals surface area contributed by atoms with Gasteiger partial charge in [-0.1, -0.05) is 6.07 Å². The van der Waals surface area contributed by atoms with Gasteiger partial charge in [-0.15, -0.1) is 0 Å². The number of hydrogen-bond acceptors (Lipinski definition) is 4. The van der Waals surface area contributed by atoms with E-state index in [0.717, 1.165) is 5.69 Å². The molecule has 0 fully saturated rings. The topological polar surface area (TPSA) is 64.3 Å². The quantitative estimate of drug-likeness (QED) is 0.573. The number of anilines is 1. The summed E-state index contributed by atoms with van der Waals surface area (Å²) in [5, 5.41) is 3.16. The molecular formula is C12H16N2O2. The van der Waals surface area contributed by atoms with E-state index in [1.165, 1.54) is 11.1 Å². The molecule has 1 aromatic carbocycles. The Hall–Kier alpha value is -1.55. The molecule has 0 saturated heterocycles. The molecule has 1 heterocycles. The second kappa shape index (κ2) is 4.53. The average Bonchev–Trinajstić information content (AvgIpc) is 2.28. The van der Waals surface area contributed by atoms with Crippen LogP contribution < -0.4 is 11.1 Å². The number of nitrogens with two attached hydrogens (primary N) is 1. The number of nitrogen functional groups attached to an aromatic ring is 1. The van der Waals surface area contributed by atoms with Gasteiger partial charge in [-0.25, -0.2) is 0 Å². The maximum absolute atomic E-state index is 11.6. The van der Waals surface area contributed by atoms with Gasteiger partial charge in [-0.3, -0.25) is 4.79 Å². The largest absolute Gasteiger partial charge is 0.465 e. The predicted octanol–water partition coefficient (Wildman–Crippen LogP) is 0.846. The van der Waals surface area contributed by atoms with E-state index in [4.69, 9.17) is 10.5 Å². The van der Waals surface area contributed by atoms with Crippen LogP contribution in [0.1, 0.15) is 18.1 Å². The number of carbonyl (C=O) groups excluding carboxylic acids is 1. The van der Waals surface area contributed by atoms with Gasteiger partial charge in [0.2, 0.25) is 0 Å². The third kappa shape index (κ3) is 2.17. The van der Waals surface area contributed by atoms with Crippen LogP contribution in [0.15, 0.2) is 18.2 Å². The van der Waals surface area contributed by atoms with E-state index in [0.29, 0.717) is 19.6 Å². The summed E-state index contributed by atoms with van der Waals surface area (Å²) in [6, 6.07) is 5.57. The first-order valence-electron chi connectivity index (χ1n) is 5.48. The van der Waals surface area contributed by atoms with Gasteiger partial charge in [-0.2, -0.15) is 0 Å². The molecule has 1 aliphatic heterocycles. The van der Waals surface area contributed by atoms with Crippen LogP contribution in [0.3, 0.4) is 0 Å². The van der Waals surface area contributed by atoms with Gasteiger partial charge in [0.1, 0.15) is 6.04 Å². The molecule has 0 spiro atoms. The first kappa shape index (κ1) is 11.0. The third-order valence-electron chi connectivity index (χ3n) is 2.76. The standard InChI is InChI=1S/C12H16N2O2/c1-2-16-12(15)11-6-8-3-4-10(13)5-9(8)7-14-11/h3-5,11,14H,2,6-7,13H2,1H3/t11-/m0/s1. The van der Waals surface area contributed by atoms with Crippen LogP contribution in [-0.2, 0) is 22.5 Å². The minimum atomic E-state index is -0.226. The van der Waals surface area contributed by atoms with Gasteiger partial charge < -0.3 is 15.8 Å². The third-order valence-corrected chi connectivity index (χ3v) is 2.76. The fourth-order valence-electron chi connectivity index (χ4n) is 1.94. The number of rotatable bonds is 2. The van der Waals surface area contributed by atoms with Crippen molar-refractivity contribution in [1.82, 2.24) is 5.32 Å². The SMILES string of the molecule is CCOC(=O)[C@@H]1Cc2ccc(N)cc2CN1. The summed E-state index contributed by atoms with van der Waals surface area (Å²) in [6.45, 7) is 2.91. The van der Waals surface area contributed by atoms with Gasteiger partial charge in [-0.05, 0) is 36.6 Å². The Balaban J connectivity index is 2.12. The Morgan fingerprint density at radius 1 is 1.56 bits per heavy atom. The normalized spacial score (nSPS) is 18.9. The molecule has 0 aliphatic carbocycles. The second-order valence-corrected chi connectivity index (χ2v) is 3.92. The van der Waals surface area contributed by atoms with E-state index < -0.39 is 0 Å². The maximum atomic E-state index is 11.6. The minimum absolute atomic E-state index is 0.176. The zero-order chi connectivity index (χ0) is 11.5. The van der Waals surface area contributed by atoms with Crippen molar-refractivity contribution in [3.8, 4) is 0 Å². The van der Waals surface area contributed by atoms with Crippen molar-refractivity contribution < 1.29 is 9.53 Å². The lowest BCUT2D eigenvalue weighted by molar-refractivity contribution is -0.145. The molecule has 0 saturated carbocycles. The van der Waals surface area contributed by atoms with E-state index in [1.807, 2.05) is 25.1 Å². The second-order valence-electron chi connectivity index (χ2n) is 3.92. The first-order chi connectivity index (χ1) is 7.70. The molecule has 0 radical (unpaired) electrons. The van der Waals surface area contributed by atoms with Crippen molar-refractivity contribution in [3.63, 3.8) is 0 Å². The Labute approximate surface area is 94.8 Å². The molecule has 1 atom stereocenters. The van der Waals surface area contributed by atoms with E-state index in [1.54, 1.807) is 0 Å². The first-order valence-corrected chi connectivity index (χ1v) is 5.48. The Morgan fingerprint density at radius 2 is 2.38 bits per heavy atom. The highest BCUT2D eigenvalue weighted by molar-refractivity contribution is 5.76. The summed E-state index contributed by atoms with van der Waals surface area (Å²) >= 11 is 0. The maximum Gasteiger partial charge on any atom is 0.323 e. The molecular weight excluding hydrogens is 204 g/mol. The molecule has 4 nitrogen and oxygen atoms in total. The highest BCUT2D eigenvalue weighted by Gasteiger charge is 2.24. The van der Waals surface area contributed by atoms with E-state index in [9.17, 15) is 4.79 Å². The smallest absolute Gasteiger partial charge is 0.323 e. The molecule has 1 aromatic rings. The zero-order valence-electron chi connectivity index (χ0n) is 9.32. The molecule has 3 N–H and O–H groups in total. The number of ether oxygens (including phenoxy) is 1. The van der Waals surface area contributed by atoms with Crippen LogP contribution in [0.2, 0.25) is 0 Å². The van der Waals surface area contributed by atoms with Gasteiger partial charge in [0.15, 0.2) is 0 Å². The summed E-state index contributed by atoms with van der Waals surface area (Å²) in [5.74, 6) is -0.176. The van der Waals surface area contributed by atoms with Crippen molar-refractivity contribution in [2.75, 3.05) is 12.3 Å². The lowest BCUT2D eigenvalue weighted by Gasteiger charge is -2.24. The van der Waals surface area contributed by atoms with Crippen LogP contribution in [0.4, 0.5) is 5.69 Å². The van der Waals surface area contributed by atoms with Crippen LogP contribution in [-0.4, -0.2) is 18.6 Å². The van der Waals surface area contributed by atoms with E-state index in [2.05, 4.69) is 5.32 Å². The van der Waals surface area contributed by atoms with E-state index in [-0.39, 0.29) is 12.0 Å². The van der Waals surface area contributed by atoms with Crippen LogP contribution in [0, 0.1) is 0 Å². The van der Waals surface area contributed by atoms with Gasteiger partial charge in [0.05, 0.1) is 6.61 Å². The number of fused-ring (bicyclic) bond motifs is 1. The molecule has 16 heavy (non-hydrogen) atoms. The Kier molecular flexibility index (Phi) is 3.10. The number of nitrogens with one attached hydrogen (secondary N) is 1. The molecule has 0 aromatic heterocycles. The monoisotopic (exact) mass is 220 g/mol. The predicted molar refractivity (Wildman–Crippen MR) is 61.8 cm³/mol. The molecule has 0 amide bonds. The summed E-state index contributed by atoms with van der Waals surface area (Å²) in [6.07, 6.45) is 0.675. The van der Waals surface area contributed by atoms with Gasteiger partial charge >= 0.3 is 5.97 Å². The summed E-state index contributed by atoms with van der Waals surface area (Å²) in [5.41, 5.74) is 8.80. The Bertz CT molecular complexity index is 404. The van der Waals surface area contributed by atoms with Gasteiger partial charge in [0.25, 0.3) is 0 Å². The van der Waals surface area contributed by atoms with Crippen LogP contribution in [0.25, 0.3) is 0 Å². The van der Waals surface area contributed by atoms with Gasteiger partial charge in [0, 0.05) is 12.2 Å². The van der Waals surface area contributed by atoms with Crippen LogP contribution in [0.5, 0.6) is 0 Å². The lowest BCUT2D eigenvalue weighted by Crippen LogP contribution is -2.42. The van der Waals surface area contributed by atoms with Crippen LogP contribution >= 0.6 is 0 Å². The van der Waals surface area contributed by atoms with Crippen molar-refractivity contribution in [2.45, 2.75) is 25.9 Å². The molecule has 86 valence electrons. The molecule has 0 bridgehead atoms. The highest BCUT2D eigenvalue weighted by atomic mass is 16.5. The number of esters is 1. The average molecular weight is 220 g/mol. The van der Waals surface area contributed by atoms with Crippen molar-refractivity contribution in [2.24, 2.45) is 0 Å². The molecule has 1 aliphatic rings. The fourth-order valence-corrected chi connectivity index (χ4v) is 1.94. The van der Waals surface area contributed by atoms with Crippen molar-refractivity contribution in [3.05, 3.63) is 29.3 Å². The number of benzene rings is 1. The highest BCUT2D eigenvalue weighted by Crippen LogP contribution is 2.19. The van der Waals surface area contributed by atoms with Crippen molar-refractivity contribution in [1.29, 1.82) is 0 Å². The number of hydrogen-bond donors (Lipinski definition) is 2. The minimum Gasteiger partial charge on any atom is -0.465 e. The summed E-state index contributed by atoms with van der Waals surface area (Å²) in [7, 11) is 0. The molecule has 0 unspecified atom stereocenters. The molecule has 2 rings (SSSR count). The molecule has 4 heteroatoms.